The van der Waals surface area contributed by atoms with Crippen LogP contribution in [0.5, 0.6) is 0 Å². The largest absolute Gasteiger partial charge is 0.379 e. The monoisotopic (exact) mass is 463 g/mol. The van der Waals surface area contributed by atoms with Crippen LogP contribution in [0.3, 0.4) is 0 Å². The second-order valence-corrected chi connectivity index (χ2v) is 8.23. The van der Waals surface area contributed by atoms with Crippen LogP contribution in [-0.2, 0) is 5.60 Å². The van der Waals surface area contributed by atoms with E-state index in [9.17, 15) is 5.11 Å². The van der Waals surface area contributed by atoms with Gasteiger partial charge in [-0.25, -0.2) is 0 Å². The standard InChI is InChI=1S/C19H15Br2NOS/c20-16-5-3-14(4-6-16)19(23,15-2-1-11-22-12-15)13-24-18-9-7-17(21)8-10-18/h1-12,23H,13H2. The van der Waals surface area contributed by atoms with Crippen LogP contribution in [0.1, 0.15) is 11.1 Å². The van der Waals surface area contributed by atoms with Gasteiger partial charge in [-0.1, -0.05) is 50.1 Å². The van der Waals surface area contributed by atoms with Crippen molar-refractivity contribution in [2.45, 2.75) is 10.5 Å². The summed E-state index contributed by atoms with van der Waals surface area (Å²) >= 11 is 8.51. The molecule has 0 aliphatic carbocycles. The first-order valence-electron chi connectivity index (χ1n) is 7.35. The molecular weight excluding hydrogens is 450 g/mol. The van der Waals surface area contributed by atoms with Crippen LogP contribution in [0.15, 0.2) is 86.9 Å². The number of thioether (sulfide) groups is 1. The lowest BCUT2D eigenvalue weighted by Gasteiger charge is -2.29. The minimum Gasteiger partial charge on any atom is -0.379 e. The number of rotatable bonds is 5. The molecule has 24 heavy (non-hydrogen) atoms. The molecule has 0 bridgehead atoms. The molecule has 1 unspecified atom stereocenters. The van der Waals surface area contributed by atoms with E-state index in [1.807, 2.05) is 60.7 Å². The number of halogens is 2. The lowest BCUT2D eigenvalue weighted by molar-refractivity contribution is 0.107. The lowest BCUT2D eigenvalue weighted by atomic mass is 9.89. The molecule has 0 aliphatic rings. The van der Waals surface area contributed by atoms with Gasteiger partial charge in [0.25, 0.3) is 0 Å². The first-order chi connectivity index (χ1) is 11.6. The predicted octanol–water partition coefficient (Wildman–Crippen LogP) is 5.63. The molecule has 0 saturated heterocycles. The molecule has 3 aromatic rings. The predicted molar refractivity (Wildman–Crippen MR) is 106 cm³/mol. The molecule has 0 spiro atoms. The van der Waals surface area contributed by atoms with Crippen molar-refractivity contribution < 1.29 is 5.11 Å². The zero-order valence-corrected chi connectivity index (χ0v) is 16.7. The summed E-state index contributed by atoms with van der Waals surface area (Å²) in [6.45, 7) is 0. The Morgan fingerprint density at radius 3 is 2.08 bits per heavy atom. The molecule has 2 nitrogen and oxygen atoms in total. The summed E-state index contributed by atoms with van der Waals surface area (Å²) < 4.78 is 2.03. The highest BCUT2D eigenvalue weighted by Gasteiger charge is 2.32. The topological polar surface area (TPSA) is 33.1 Å². The Morgan fingerprint density at radius 1 is 0.875 bits per heavy atom. The first kappa shape index (κ1) is 17.7. The fourth-order valence-electron chi connectivity index (χ4n) is 2.38. The summed E-state index contributed by atoms with van der Waals surface area (Å²) in [5.74, 6) is 0.502. The van der Waals surface area contributed by atoms with Gasteiger partial charge in [0.05, 0.1) is 0 Å². The van der Waals surface area contributed by atoms with Gasteiger partial charge in [0.15, 0.2) is 0 Å². The normalized spacial score (nSPS) is 13.5. The highest BCUT2D eigenvalue weighted by Crippen LogP contribution is 2.36. The Bertz CT molecular complexity index is 794. The van der Waals surface area contributed by atoms with Crippen LogP contribution in [0.4, 0.5) is 0 Å². The number of aromatic nitrogens is 1. The molecule has 5 heteroatoms. The van der Waals surface area contributed by atoms with E-state index in [0.717, 1.165) is 25.0 Å². The maximum absolute atomic E-state index is 11.5. The van der Waals surface area contributed by atoms with Gasteiger partial charge in [-0.15, -0.1) is 11.8 Å². The number of nitrogens with zero attached hydrogens (tertiary/aromatic N) is 1. The summed E-state index contributed by atoms with van der Waals surface area (Å²) in [5, 5.41) is 11.5. The zero-order chi connectivity index (χ0) is 17.0. The molecule has 0 radical (unpaired) electrons. The van der Waals surface area contributed by atoms with E-state index in [4.69, 9.17) is 0 Å². The first-order valence-corrected chi connectivity index (χ1v) is 9.92. The van der Waals surface area contributed by atoms with Gasteiger partial charge in [0.1, 0.15) is 5.60 Å². The van der Waals surface area contributed by atoms with Crippen LogP contribution < -0.4 is 0 Å². The molecule has 1 aromatic heterocycles. The Kier molecular flexibility index (Phi) is 5.76. The summed E-state index contributed by atoms with van der Waals surface area (Å²) in [6, 6.07) is 19.6. The Morgan fingerprint density at radius 2 is 1.50 bits per heavy atom. The fraction of sp³-hybridized carbons (Fsp3) is 0.105. The summed E-state index contributed by atoms with van der Waals surface area (Å²) in [5.41, 5.74) is 0.535. The van der Waals surface area contributed by atoms with Crippen molar-refractivity contribution in [2.24, 2.45) is 0 Å². The second-order valence-electron chi connectivity index (χ2n) is 5.35. The number of pyridine rings is 1. The number of benzene rings is 2. The lowest BCUT2D eigenvalue weighted by Crippen LogP contribution is -2.30. The summed E-state index contributed by atoms with van der Waals surface area (Å²) in [7, 11) is 0. The van der Waals surface area contributed by atoms with Gasteiger partial charge in [-0.05, 0) is 48.0 Å². The molecule has 0 amide bonds. The molecular formula is C19H15Br2NOS. The van der Waals surface area contributed by atoms with Crippen molar-refractivity contribution in [3.63, 3.8) is 0 Å². The summed E-state index contributed by atoms with van der Waals surface area (Å²) in [4.78, 5) is 5.28. The zero-order valence-electron chi connectivity index (χ0n) is 12.7. The van der Waals surface area contributed by atoms with Gasteiger partial charge in [-0.2, -0.15) is 0 Å². The highest BCUT2D eigenvalue weighted by atomic mass is 79.9. The molecule has 0 aliphatic heterocycles. The Balaban J connectivity index is 1.93. The van der Waals surface area contributed by atoms with Crippen molar-refractivity contribution in [1.29, 1.82) is 0 Å². The van der Waals surface area contributed by atoms with Crippen LogP contribution in [0.2, 0.25) is 0 Å². The van der Waals surface area contributed by atoms with E-state index in [0.29, 0.717) is 5.75 Å². The molecule has 122 valence electrons. The molecule has 2 aromatic carbocycles. The number of aliphatic hydroxyl groups is 1. The molecule has 0 saturated carbocycles. The van der Waals surface area contributed by atoms with Gasteiger partial charge in [0.2, 0.25) is 0 Å². The van der Waals surface area contributed by atoms with Gasteiger partial charge < -0.3 is 5.11 Å². The van der Waals surface area contributed by atoms with Crippen LogP contribution >= 0.6 is 43.6 Å². The average molecular weight is 465 g/mol. The smallest absolute Gasteiger partial charge is 0.125 e. The Hall–Kier alpha value is -1.14. The van der Waals surface area contributed by atoms with Crippen LogP contribution in [0, 0.1) is 0 Å². The minimum atomic E-state index is -1.10. The van der Waals surface area contributed by atoms with E-state index < -0.39 is 5.60 Å². The Labute approximate surface area is 162 Å². The van der Waals surface area contributed by atoms with Crippen molar-refractivity contribution in [1.82, 2.24) is 4.98 Å². The molecule has 0 fully saturated rings. The maximum Gasteiger partial charge on any atom is 0.125 e. The molecule has 1 N–H and O–H groups in total. The maximum atomic E-state index is 11.5. The number of hydrogen-bond acceptors (Lipinski definition) is 3. The summed E-state index contributed by atoms with van der Waals surface area (Å²) in [6.07, 6.45) is 3.44. The fourth-order valence-corrected chi connectivity index (χ4v) is 3.95. The van der Waals surface area contributed by atoms with Crippen molar-refractivity contribution in [3.8, 4) is 0 Å². The van der Waals surface area contributed by atoms with E-state index in [2.05, 4.69) is 36.8 Å². The number of hydrogen-bond donors (Lipinski definition) is 1. The minimum absolute atomic E-state index is 0.502. The molecule has 1 heterocycles. The molecule has 1 atom stereocenters. The quantitative estimate of drug-likeness (QED) is 0.496. The van der Waals surface area contributed by atoms with Gasteiger partial charge in [-0.3, -0.25) is 4.98 Å². The van der Waals surface area contributed by atoms with Crippen molar-refractivity contribution in [2.75, 3.05) is 5.75 Å². The highest BCUT2D eigenvalue weighted by molar-refractivity contribution is 9.10. The van der Waals surface area contributed by atoms with Crippen LogP contribution in [0.25, 0.3) is 0 Å². The van der Waals surface area contributed by atoms with E-state index in [1.54, 1.807) is 24.2 Å². The third-order valence-corrected chi connectivity index (χ3v) is 5.95. The molecule has 3 rings (SSSR count). The SMILES string of the molecule is OC(CSc1ccc(Br)cc1)(c1ccc(Br)cc1)c1cccnc1. The van der Waals surface area contributed by atoms with E-state index in [1.165, 1.54) is 0 Å². The van der Waals surface area contributed by atoms with Crippen LogP contribution in [-0.4, -0.2) is 15.8 Å². The van der Waals surface area contributed by atoms with Gasteiger partial charge >= 0.3 is 0 Å². The third-order valence-electron chi connectivity index (χ3n) is 3.72. The van der Waals surface area contributed by atoms with Crippen molar-refractivity contribution in [3.05, 3.63) is 93.1 Å². The third kappa shape index (κ3) is 4.09. The second kappa shape index (κ2) is 7.83. The van der Waals surface area contributed by atoms with Gasteiger partial charge in [0, 0.05) is 37.6 Å². The van der Waals surface area contributed by atoms with E-state index in [-0.39, 0.29) is 0 Å². The average Bonchev–Trinajstić information content (AvgIpc) is 2.62. The van der Waals surface area contributed by atoms with E-state index >= 15 is 0 Å². The van der Waals surface area contributed by atoms with Crippen molar-refractivity contribution >= 4 is 43.6 Å².